The summed E-state index contributed by atoms with van der Waals surface area (Å²) in [6.45, 7) is 2.07. The summed E-state index contributed by atoms with van der Waals surface area (Å²) in [5, 5.41) is 9.58. The van der Waals surface area contributed by atoms with Gasteiger partial charge in [0.1, 0.15) is 0 Å². The topological polar surface area (TPSA) is 23.5 Å². The summed E-state index contributed by atoms with van der Waals surface area (Å²) in [5.41, 5.74) is -0.257. The maximum atomic E-state index is 9.58. The molecule has 1 aliphatic carbocycles. The second-order valence-corrected chi connectivity index (χ2v) is 3.53. The van der Waals surface area contributed by atoms with Gasteiger partial charge in [0.2, 0.25) is 0 Å². The average Bonchev–Trinajstić information content (AvgIpc) is 2.38. The molecule has 0 aromatic heterocycles. The summed E-state index contributed by atoms with van der Waals surface area (Å²) in [6, 6.07) is 0. The molecule has 1 saturated carbocycles. The van der Waals surface area contributed by atoms with Crippen LogP contribution in [0.1, 0.15) is 12.8 Å². The molecule has 0 radical (unpaired) electrons. The number of likely N-dealkylation sites (tertiary alicyclic amines) is 1. The zero-order chi connectivity index (χ0) is 6.48. The molecule has 1 heterocycles. The highest BCUT2D eigenvalue weighted by Crippen LogP contribution is 2.48. The molecule has 1 saturated heterocycles. The van der Waals surface area contributed by atoms with Gasteiger partial charge in [-0.15, -0.1) is 12.4 Å². The van der Waals surface area contributed by atoms with E-state index in [0.29, 0.717) is 5.92 Å². The third-order valence-corrected chi connectivity index (χ3v) is 2.60. The molecule has 60 valence electrons. The number of aliphatic hydroxyl groups is 1. The van der Waals surface area contributed by atoms with Crippen LogP contribution in [0.2, 0.25) is 0 Å². The van der Waals surface area contributed by atoms with Crippen molar-refractivity contribution in [3.8, 4) is 0 Å². The van der Waals surface area contributed by atoms with E-state index in [-0.39, 0.29) is 18.0 Å². The van der Waals surface area contributed by atoms with Crippen LogP contribution in [0.5, 0.6) is 0 Å². The predicted octanol–water partition coefficient (Wildman–Crippen LogP) is 0.495. The minimum Gasteiger partial charge on any atom is -0.388 e. The van der Waals surface area contributed by atoms with E-state index in [1.165, 1.54) is 13.0 Å². The van der Waals surface area contributed by atoms with Crippen molar-refractivity contribution in [2.24, 2.45) is 5.92 Å². The molecule has 2 nitrogen and oxygen atoms in total. The molecule has 10 heavy (non-hydrogen) atoms. The first-order valence-corrected chi connectivity index (χ1v) is 3.62. The summed E-state index contributed by atoms with van der Waals surface area (Å²) < 4.78 is 0. The quantitative estimate of drug-likeness (QED) is 0.562. The van der Waals surface area contributed by atoms with Gasteiger partial charge in [-0.25, -0.2) is 0 Å². The maximum Gasteiger partial charge on any atom is 0.0807 e. The van der Waals surface area contributed by atoms with Gasteiger partial charge >= 0.3 is 0 Å². The Balaban J connectivity index is 0.000000500. The Labute approximate surface area is 67.6 Å². The molecule has 2 rings (SSSR count). The second-order valence-electron chi connectivity index (χ2n) is 3.53. The van der Waals surface area contributed by atoms with Crippen LogP contribution >= 0.6 is 12.4 Å². The average molecular weight is 164 g/mol. The highest BCUT2D eigenvalue weighted by Gasteiger charge is 2.54. The van der Waals surface area contributed by atoms with Gasteiger partial charge in [0.05, 0.1) is 5.60 Å². The Kier molecular flexibility index (Phi) is 1.96. The first kappa shape index (κ1) is 8.31. The summed E-state index contributed by atoms with van der Waals surface area (Å²) >= 11 is 0. The minimum absolute atomic E-state index is 0. The van der Waals surface area contributed by atoms with Crippen LogP contribution in [0, 0.1) is 5.92 Å². The summed E-state index contributed by atoms with van der Waals surface area (Å²) in [7, 11) is 2.08. The number of hydrogen-bond acceptors (Lipinski definition) is 2. The Hall–Kier alpha value is 0.210. The summed E-state index contributed by atoms with van der Waals surface area (Å²) in [6.07, 6.45) is 2.25. The lowest BCUT2D eigenvalue weighted by Gasteiger charge is -2.25. The zero-order valence-electron chi connectivity index (χ0n) is 6.21. The highest BCUT2D eigenvalue weighted by molar-refractivity contribution is 5.85. The standard InChI is InChI=1S/C7H13NO.ClH/c1-8-3-2-6-4-7(6,9)5-8;/h6,9H,2-5H2,1H3;1H/t6-,7+;/m1./s1. The zero-order valence-corrected chi connectivity index (χ0v) is 7.02. The number of rotatable bonds is 0. The van der Waals surface area contributed by atoms with Crippen molar-refractivity contribution in [3.05, 3.63) is 0 Å². The smallest absolute Gasteiger partial charge is 0.0807 e. The van der Waals surface area contributed by atoms with E-state index < -0.39 is 0 Å². The van der Waals surface area contributed by atoms with Crippen LogP contribution in [0.3, 0.4) is 0 Å². The first-order chi connectivity index (χ1) is 4.21. The third kappa shape index (κ3) is 1.16. The van der Waals surface area contributed by atoms with Crippen LogP contribution in [-0.4, -0.2) is 35.7 Å². The van der Waals surface area contributed by atoms with Crippen LogP contribution in [0.15, 0.2) is 0 Å². The molecule has 1 N–H and O–H groups in total. The van der Waals surface area contributed by atoms with E-state index in [1.807, 2.05) is 0 Å². The number of nitrogens with zero attached hydrogens (tertiary/aromatic N) is 1. The summed E-state index contributed by atoms with van der Waals surface area (Å²) in [4.78, 5) is 2.21. The Morgan fingerprint density at radius 2 is 2.30 bits per heavy atom. The van der Waals surface area contributed by atoms with Crippen molar-refractivity contribution < 1.29 is 5.11 Å². The van der Waals surface area contributed by atoms with Gasteiger partial charge in [0.15, 0.2) is 0 Å². The fourth-order valence-electron chi connectivity index (χ4n) is 1.85. The molecule has 1 aliphatic heterocycles. The fourth-order valence-corrected chi connectivity index (χ4v) is 1.85. The van der Waals surface area contributed by atoms with Gasteiger partial charge < -0.3 is 10.0 Å². The van der Waals surface area contributed by atoms with Gasteiger partial charge in [0.25, 0.3) is 0 Å². The minimum atomic E-state index is -0.257. The largest absolute Gasteiger partial charge is 0.388 e. The van der Waals surface area contributed by atoms with E-state index in [9.17, 15) is 5.11 Å². The molecule has 0 spiro atoms. The Morgan fingerprint density at radius 1 is 1.60 bits per heavy atom. The van der Waals surface area contributed by atoms with Gasteiger partial charge in [-0.2, -0.15) is 0 Å². The number of fused-ring (bicyclic) bond motifs is 1. The normalized spacial score (nSPS) is 45.6. The van der Waals surface area contributed by atoms with E-state index in [1.54, 1.807) is 0 Å². The van der Waals surface area contributed by atoms with E-state index in [0.717, 1.165) is 13.0 Å². The van der Waals surface area contributed by atoms with Gasteiger partial charge in [-0.05, 0) is 32.4 Å². The molecule has 0 aromatic rings. The lowest BCUT2D eigenvalue weighted by atomic mass is 10.1. The van der Waals surface area contributed by atoms with Crippen LogP contribution in [0.25, 0.3) is 0 Å². The predicted molar refractivity (Wildman–Crippen MR) is 42.4 cm³/mol. The molecule has 0 amide bonds. The Bertz CT molecular complexity index is 142. The first-order valence-electron chi connectivity index (χ1n) is 3.62. The maximum absolute atomic E-state index is 9.58. The van der Waals surface area contributed by atoms with Crippen molar-refractivity contribution in [2.75, 3.05) is 20.1 Å². The third-order valence-electron chi connectivity index (χ3n) is 2.60. The number of hydrogen-bond donors (Lipinski definition) is 1. The van der Waals surface area contributed by atoms with Crippen molar-refractivity contribution in [3.63, 3.8) is 0 Å². The second kappa shape index (κ2) is 2.36. The number of likely N-dealkylation sites (N-methyl/N-ethyl adjacent to an activating group) is 1. The lowest BCUT2D eigenvalue weighted by molar-refractivity contribution is 0.0624. The molecule has 3 heteroatoms. The molecule has 0 aromatic carbocycles. The molecule has 2 atom stereocenters. The van der Waals surface area contributed by atoms with Gasteiger partial charge in [-0.3, -0.25) is 0 Å². The molecular formula is C7H14ClNO. The van der Waals surface area contributed by atoms with Gasteiger partial charge in [0, 0.05) is 6.54 Å². The van der Waals surface area contributed by atoms with Crippen molar-refractivity contribution in [2.45, 2.75) is 18.4 Å². The summed E-state index contributed by atoms with van der Waals surface area (Å²) in [5.74, 6) is 0.647. The number of halogens is 1. The molecule has 0 bridgehead atoms. The molecule has 2 fully saturated rings. The number of piperidine rings is 1. The fraction of sp³-hybridized carbons (Fsp3) is 1.00. The molecular weight excluding hydrogens is 150 g/mol. The number of β-amino-alcohol motifs (C(OH)–C–C–N with tert-alkyl or cyclic N) is 1. The molecule has 2 aliphatic rings. The highest BCUT2D eigenvalue weighted by atomic mass is 35.5. The molecule has 0 unspecified atom stereocenters. The van der Waals surface area contributed by atoms with Crippen LogP contribution < -0.4 is 0 Å². The van der Waals surface area contributed by atoms with Crippen molar-refractivity contribution in [1.29, 1.82) is 0 Å². The van der Waals surface area contributed by atoms with E-state index in [4.69, 9.17) is 0 Å². The monoisotopic (exact) mass is 163 g/mol. The van der Waals surface area contributed by atoms with Gasteiger partial charge in [-0.1, -0.05) is 0 Å². The SMILES string of the molecule is CN1CC[C@@H]2C[C@]2(O)C1.Cl. The van der Waals surface area contributed by atoms with Crippen LogP contribution in [0.4, 0.5) is 0 Å². The van der Waals surface area contributed by atoms with Crippen molar-refractivity contribution in [1.82, 2.24) is 4.90 Å². The van der Waals surface area contributed by atoms with E-state index in [2.05, 4.69) is 11.9 Å². The van der Waals surface area contributed by atoms with E-state index >= 15 is 0 Å². The van der Waals surface area contributed by atoms with Crippen molar-refractivity contribution >= 4 is 12.4 Å². The lowest BCUT2D eigenvalue weighted by Crippen LogP contribution is -2.37. The Morgan fingerprint density at radius 3 is 2.80 bits per heavy atom. The van der Waals surface area contributed by atoms with Crippen LogP contribution in [-0.2, 0) is 0 Å².